The molecule has 1 aromatic heterocycles. The molecule has 10 heteroatoms. The zero-order valence-corrected chi connectivity index (χ0v) is 21.3. The molecular formula is C23H18BrClN3O3S2-. The second-order valence-corrected chi connectivity index (χ2v) is 10.4. The van der Waals surface area contributed by atoms with Gasteiger partial charge in [-0.1, -0.05) is 45.7 Å². The van der Waals surface area contributed by atoms with Gasteiger partial charge in [0.25, 0.3) is 5.91 Å². The number of carbonyl (C=O) groups is 1. The van der Waals surface area contributed by atoms with Crippen molar-refractivity contribution in [3.8, 4) is 0 Å². The van der Waals surface area contributed by atoms with E-state index < -0.39 is 11.3 Å². The van der Waals surface area contributed by atoms with Crippen molar-refractivity contribution in [2.24, 2.45) is 0 Å². The molecule has 0 aliphatic heterocycles. The van der Waals surface area contributed by atoms with E-state index in [4.69, 9.17) is 11.6 Å². The predicted octanol–water partition coefficient (Wildman–Crippen LogP) is 6.01. The van der Waals surface area contributed by atoms with E-state index in [1.165, 1.54) is 11.3 Å². The summed E-state index contributed by atoms with van der Waals surface area (Å²) < 4.78 is 27.4. The van der Waals surface area contributed by atoms with Crippen molar-refractivity contribution >= 4 is 77.6 Å². The van der Waals surface area contributed by atoms with Crippen molar-refractivity contribution in [1.82, 2.24) is 10.3 Å². The Labute approximate surface area is 211 Å². The van der Waals surface area contributed by atoms with Crippen LogP contribution < -0.4 is 9.62 Å². The highest BCUT2D eigenvalue weighted by atomic mass is 79.9. The molecule has 1 amide bonds. The minimum atomic E-state index is -2.69. The number of carbonyl (C=O) groups excluding carboxylic acids is 1. The van der Waals surface area contributed by atoms with Gasteiger partial charge in [0, 0.05) is 15.5 Å². The summed E-state index contributed by atoms with van der Waals surface area (Å²) in [6.07, 6.45) is 0.601. The Hall–Kier alpha value is -2.30. The molecular weight excluding hydrogens is 546 g/mol. The van der Waals surface area contributed by atoms with E-state index in [0.717, 1.165) is 14.6 Å². The summed E-state index contributed by atoms with van der Waals surface area (Å²) in [5.41, 5.74) is 4.08. The number of nitrogens with zero attached hydrogens (tertiary/aromatic N) is 2. The van der Waals surface area contributed by atoms with Gasteiger partial charge in [-0.15, -0.1) is 11.3 Å². The average molecular weight is 564 g/mol. The van der Waals surface area contributed by atoms with Crippen molar-refractivity contribution in [3.05, 3.63) is 86.8 Å². The van der Waals surface area contributed by atoms with Gasteiger partial charge >= 0.3 is 0 Å². The van der Waals surface area contributed by atoms with Gasteiger partial charge in [-0.25, -0.2) is 4.98 Å². The number of halogens is 2. The Kier molecular flexibility index (Phi) is 7.45. The molecule has 2 atom stereocenters. The Balaban J connectivity index is 1.67. The van der Waals surface area contributed by atoms with Gasteiger partial charge in [0.05, 0.1) is 38.4 Å². The van der Waals surface area contributed by atoms with Crippen molar-refractivity contribution < 1.29 is 13.6 Å². The summed E-state index contributed by atoms with van der Waals surface area (Å²) in [5.74, 6) is -0.375. The SMILES string of the molecule is CC(Cc1ccc(Cl)cc1)NC(=O)c1ccc(Br)cc1N(c1cccc2scnc12)S(=O)[O-]. The fraction of sp³-hybridized carbons (Fsp3) is 0.130. The fourth-order valence-electron chi connectivity index (χ4n) is 3.52. The van der Waals surface area contributed by atoms with Gasteiger partial charge < -0.3 is 9.87 Å². The van der Waals surface area contributed by atoms with Gasteiger partial charge in [-0.05, 0) is 61.4 Å². The molecule has 1 heterocycles. The summed E-state index contributed by atoms with van der Waals surface area (Å²) in [4.78, 5) is 17.5. The van der Waals surface area contributed by atoms with Crippen molar-refractivity contribution in [2.45, 2.75) is 19.4 Å². The highest BCUT2D eigenvalue weighted by molar-refractivity contribution is 9.10. The summed E-state index contributed by atoms with van der Waals surface area (Å²) in [7, 11) is 0. The van der Waals surface area contributed by atoms with Crippen LogP contribution in [0.15, 0.2) is 70.6 Å². The zero-order valence-electron chi connectivity index (χ0n) is 17.3. The van der Waals surface area contributed by atoms with Crippen molar-refractivity contribution in [1.29, 1.82) is 0 Å². The van der Waals surface area contributed by atoms with Gasteiger partial charge in [0.15, 0.2) is 0 Å². The zero-order chi connectivity index (χ0) is 23.5. The number of benzene rings is 3. The van der Waals surface area contributed by atoms with Crippen molar-refractivity contribution in [3.63, 3.8) is 0 Å². The third-order valence-electron chi connectivity index (χ3n) is 4.96. The number of hydrogen-bond donors (Lipinski definition) is 1. The molecule has 0 spiro atoms. The summed E-state index contributed by atoms with van der Waals surface area (Å²) in [6.45, 7) is 1.89. The maximum absolute atomic E-state index is 13.2. The highest BCUT2D eigenvalue weighted by Crippen LogP contribution is 2.37. The van der Waals surface area contributed by atoms with Crippen LogP contribution in [-0.4, -0.2) is 25.7 Å². The van der Waals surface area contributed by atoms with Gasteiger partial charge in [-0.2, -0.15) is 0 Å². The molecule has 0 saturated carbocycles. The molecule has 170 valence electrons. The number of para-hydroxylation sites is 1. The average Bonchev–Trinajstić information content (AvgIpc) is 3.25. The van der Waals surface area contributed by atoms with Gasteiger partial charge in [0.1, 0.15) is 5.52 Å². The number of hydrogen-bond acceptors (Lipinski definition) is 5. The number of anilines is 2. The molecule has 33 heavy (non-hydrogen) atoms. The molecule has 4 rings (SSSR count). The first-order chi connectivity index (χ1) is 15.8. The van der Waals surface area contributed by atoms with Crippen LogP contribution in [0.2, 0.25) is 5.02 Å². The molecule has 3 aromatic carbocycles. The molecule has 0 saturated heterocycles. The van der Waals surface area contributed by atoms with Crippen LogP contribution in [0.3, 0.4) is 0 Å². The fourth-order valence-corrected chi connectivity index (χ4v) is 5.31. The smallest absolute Gasteiger partial charge is 0.253 e. The molecule has 0 aliphatic rings. The Morgan fingerprint density at radius 3 is 2.70 bits per heavy atom. The second kappa shape index (κ2) is 10.3. The molecule has 0 bridgehead atoms. The van der Waals surface area contributed by atoms with E-state index in [9.17, 15) is 13.6 Å². The third kappa shape index (κ3) is 5.44. The Morgan fingerprint density at radius 1 is 1.21 bits per heavy atom. The first kappa shape index (κ1) is 23.8. The largest absolute Gasteiger partial charge is 0.755 e. The molecule has 2 unspecified atom stereocenters. The lowest BCUT2D eigenvalue weighted by Gasteiger charge is -2.29. The van der Waals surface area contributed by atoms with E-state index in [1.807, 2.05) is 25.1 Å². The van der Waals surface area contributed by atoms with Crippen LogP contribution in [0.4, 0.5) is 11.4 Å². The van der Waals surface area contributed by atoms with E-state index in [0.29, 0.717) is 27.1 Å². The first-order valence-corrected chi connectivity index (χ1v) is 13.0. The normalized spacial score (nSPS) is 13.0. The number of nitrogens with one attached hydrogen (secondary N) is 1. The number of thiazole rings is 1. The standard InChI is InChI=1S/C23H19BrClN3O3S2/c1-14(11-15-5-8-17(25)9-6-15)27-23(29)18-10-7-16(24)12-20(18)28(33(30)31)19-3-2-4-21-22(19)26-13-32-21/h2-10,12-14H,11H2,1H3,(H,27,29)(H,30,31)/p-1. The maximum Gasteiger partial charge on any atom is 0.253 e. The monoisotopic (exact) mass is 562 g/mol. The molecule has 0 fully saturated rings. The predicted molar refractivity (Wildman–Crippen MR) is 137 cm³/mol. The van der Waals surface area contributed by atoms with E-state index >= 15 is 0 Å². The quantitative estimate of drug-likeness (QED) is 0.279. The van der Waals surface area contributed by atoms with Crippen LogP contribution >= 0.6 is 38.9 Å². The maximum atomic E-state index is 13.2. The lowest BCUT2D eigenvalue weighted by molar-refractivity contribution is 0.0941. The molecule has 0 aliphatic carbocycles. The van der Waals surface area contributed by atoms with Crippen LogP contribution in [0.25, 0.3) is 10.2 Å². The Bertz CT molecular complexity index is 1330. The molecule has 1 N–H and O–H groups in total. The molecule has 0 radical (unpaired) electrons. The summed E-state index contributed by atoms with van der Waals surface area (Å²) >= 11 is 8.06. The van der Waals surface area contributed by atoms with Gasteiger partial charge in [-0.3, -0.25) is 13.3 Å². The van der Waals surface area contributed by atoms with Crippen LogP contribution in [0.5, 0.6) is 0 Å². The minimum absolute atomic E-state index is 0.191. The van der Waals surface area contributed by atoms with E-state index in [1.54, 1.807) is 48.0 Å². The van der Waals surface area contributed by atoms with Crippen LogP contribution in [-0.2, 0) is 17.7 Å². The third-order valence-corrected chi connectivity index (χ3v) is 7.19. The summed E-state index contributed by atoms with van der Waals surface area (Å²) in [5, 5.41) is 3.62. The van der Waals surface area contributed by atoms with Gasteiger partial charge in [0.2, 0.25) is 0 Å². The molecule has 4 aromatic rings. The van der Waals surface area contributed by atoms with Crippen LogP contribution in [0, 0.1) is 0 Å². The second-order valence-electron chi connectivity index (χ2n) is 7.35. The topological polar surface area (TPSA) is 85.4 Å². The van der Waals surface area contributed by atoms with Crippen molar-refractivity contribution in [2.75, 3.05) is 4.31 Å². The van der Waals surface area contributed by atoms with E-state index in [2.05, 4.69) is 26.2 Å². The lowest BCUT2D eigenvalue weighted by Crippen LogP contribution is -2.35. The number of rotatable bonds is 7. The summed E-state index contributed by atoms with van der Waals surface area (Å²) in [6, 6.07) is 17.5. The first-order valence-electron chi connectivity index (χ1n) is 9.90. The lowest BCUT2D eigenvalue weighted by atomic mass is 10.1. The van der Waals surface area contributed by atoms with E-state index in [-0.39, 0.29) is 23.2 Å². The number of fused-ring (bicyclic) bond motifs is 1. The number of amides is 1. The number of aromatic nitrogens is 1. The Morgan fingerprint density at radius 2 is 1.97 bits per heavy atom. The van der Waals surface area contributed by atoms with Crippen LogP contribution in [0.1, 0.15) is 22.8 Å². The highest BCUT2D eigenvalue weighted by Gasteiger charge is 2.23. The molecule has 6 nitrogen and oxygen atoms in total. The minimum Gasteiger partial charge on any atom is -0.755 e.